The van der Waals surface area contributed by atoms with Crippen LogP contribution in [0.5, 0.6) is 0 Å². The summed E-state index contributed by atoms with van der Waals surface area (Å²) in [5, 5.41) is 7.28. The number of allylic oxidation sites excluding steroid dienone is 1. The van der Waals surface area contributed by atoms with E-state index >= 15 is 0 Å². The Morgan fingerprint density at radius 3 is 2.44 bits per heavy atom. The van der Waals surface area contributed by atoms with Crippen LogP contribution in [0.25, 0.3) is 17.0 Å². The number of carbonyl (C=O) groups excluding carboxylic acids is 1. The second kappa shape index (κ2) is 9.77. The highest BCUT2D eigenvalue weighted by Gasteiger charge is 2.35. The molecule has 3 aromatic carbocycles. The van der Waals surface area contributed by atoms with Crippen LogP contribution >= 0.6 is 0 Å². The first-order chi connectivity index (χ1) is 17.4. The van der Waals surface area contributed by atoms with Crippen LogP contribution in [-0.2, 0) is 13.0 Å². The fourth-order valence-electron chi connectivity index (χ4n) is 4.49. The summed E-state index contributed by atoms with van der Waals surface area (Å²) in [6, 6.07) is 21.3. The van der Waals surface area contributed by atoms with Gasteiger partial charge in [-0.25, -0.2) is 9.18 Å². The molecule has 0 spiro atoms. The van der Waals surface area contributed by atoms with Gasteiger partial charge in [-0.05, 0) is 49.1 Å². The third-order valence-electron chi connectivity index (χ3n) is 6.50. The minimum absolute atomic E-state index is 0.248. The largest absolute Gasteiger partial charge is 0.334 e. The maximum Gasteiger partial charge on any atom is 0.322 e. The van der Waals surface area contributed by atoms with Crippen molar-refractivity contribution in [2.75, 3.05) is 0 Å². The molecule has 5 rings (SSSR count). The average Bonchev–Trinajstić information content (AvgIpc) is 3.36. The zero-order valence-electron chi connectivity index (χ0n) is 20.5. The molecular weight excluding hydrogens is 455 g/mol. The highest BCUT2D eigenvalue weighted by molar-refractivity contribution is 5.86. The van der Waals surface area contributed by atoms with Crippen LogP contribution in [0, 0.1) is 12.7 Å². The fraction of sp³-hybridized carbons (Fsp3) is 0.207. The van der Waals surface area contributed by atoms with Gasteiger partial charge in [0.1, 0.15) is 5.82 Å². The molecule has 1 atom stereocenters. The minimum Gasteiger partial charge on any atom is -0.334 e. The number of nitrogens with one attached hydrogen (secondary N) is 1. The number of hydrogen-bond acceptors (Lipinski definition) is 4. The quantitative estimate of drug-likeness (QED) is 0.343. The zero-order chi connectivity index (χ0) is 25.2. The third-order valence-corrected chi connectivity index (χ3v) is 6.50. The molecular formula is C29H27FN4O2. The normalized spacial score (nSPS) is 15.8. The van der Waals surface area contributed by atoms with Crippen molar-refractivity contribution in [1.29, 1.82) is 0 Å². The molecule has 2 heterocycles. The molecule has 2 amide bonds. The summed E-state index contributed by atoms with van der Waals surface area (Å²) in [5.74, 6) is 0.429. The number of nitrogens with zero attached hydrogens (tertiary/aromatic N) is 3. The fourth-order valence-corrected chi connectivity index (χ4v) is 4.49. The van der Waals surface area contributed by atoms with E-state index in [0.29, 0.717) is 29.5 Å². The summed E-state index contributed by atoms with van der Waals surface area (Å²) in [5.41, 5.74) is 6.29. The summed E-state index contributed by atoms with van der Waals surface area (Å²) in [6.45, 7) is 6.39. The molecule has 0 saturated heterocycles. The third kappa shape index (κ3) is 4.64. The van der Waals surface area contributed by atoms with Crippen molar-refractivity contribution in [2.45, 2.75) is 39.8 Å². The smallest absolute Gasteiger partial charge is 0.322 e. The van der Waals surface area contributed by atoms with Gasteiger partial charge in [-0.15, -0.1) is 0 Å². The van der Waals surface area contributed by atoms with Gasteiger partial charge in [0.15, 0.2) is 0 Å². The van der Waals surface area contributed by atoms with Crippen LogP contribution in [0.1, 0.15) is 48.0 Å². The number of halogens is 1. The van der Waals surface area contributed by atoms with Gasteiger partial charge in [-0.2, -0.15) is 4.98 Å². The lowest BCUT2D eigenvalue weighted by atomic mass is 9.94. The molecule has 0 saturated carbocycles. The Morgan fingerprint density at radius 2 is 1.75 bits per heavy atom. The van der Waals surface area contributed by atoms with Gasteiger partial charge in [-0.3, -0.25) is 4.90 Å². The number of aryl methyl sites for hydroxylation is 2. The number of amides is 2. The molecule has 0 aliphatic carbocycles. The van der Waals surface area contributed by atoms with Gasteiger partial charge in [-0.1, -0.05) is 78.3 Å². The predicted octanol–water partition coefficient (Wildman–Crippen LogP) is 6.44. The maximum absolute atomic E-state index is 13.7. The minimum atomic E-state index is -0.567. The molecule has 4 aromatic rings. The van der Waals surface area contributed by atoms with Crippen LogP contribution in [0.2, 0.25) is 0 Å². The van der Waals surface area contributed by atoms with Gasteiger partial charge in [0, 0.05) is 11.3 Å². The number of urea groups is 1. The molecule has 0 fully saturated rings. The van der Waals surface area contributed by atoms with E-state index < -0.39 is 6.04 Å². The number of rotatable bonds is 6. The summed E-state index contributed by atoms with van der Waals surface area (Å²) >= 11 is 0. The van der Waals surface area contributed by atoms with Crippen LogP contribution in [0.3, 0.4) is 0 Å². The highest BCUT2D eigenvalue weighted by atomic mass is 19.1. The lowest BCUT2D eigenvalue weighted by Crippen LogP contribution is -2.45. The van der Waals surface area contributed by atoms with E-state index in [2.05, 4.69) is 23.5 Å². The Bertz CT molecular complexity index is 1420. The van der Waals surface area contributed by atoms with E-state index in [-0.39, 0.29) is 11.8 Å². The van der Waals surface area contributed by atoms with Crippen LogP contribution in [-0.4, -0.2) is 21.1 Å². The molecule has 6 nitrogen and oxygen atoms in total. The Morgan fingerprint density at radius 1 is 1.00 bits per heavy atom. The summed E-state index contributed by atoms with van der Waals surface area (Å²) in [7, 11) is 0. The lowest BCUT2D eigenvalue weighted by molar-refractivity contribution is 0.203. The van der Waals surface area contributed by atoms with Crippen molar-refractivity contribution in [1.82, 2.24) is 20.4 Å². The van der Waals surface area contributed by atoms with Gasteiger partial charge in [0.25, 0.3) is 5.89 Å². The SMILES string of the molecule is CCc1ccc(-c2noc(C3=C(C)N(Cc4cccc(C)c4)C(=O)NC3c3ccc(F)cc3)n2)cc1. The lowest BCUT2D eigenvalue weighted by Gasteiger charge is -2.35. The molecule has 0 bridgehead atoms. The molecule has 1 aliphatic heterocycles. The second-order valence-electron chi connectivity index (χ2n) is 8.98. The van der Waals surface area contributed by atoms with Crippen molar-refractivity contribution in [3.63, 3.8) is 0 Å². The second-order valence-corrected chi connectivity index (χ2v) is 8.98. The van der Waals surface area contributed by atoms with Gasteiger partial charge >= 0.3 is 6.03 Å². The van der Waals surface area contributed by atoms with Crippen LogP contribution in [0.4, 0.5) is 9.18 Å². The number of benzene rings is 3. The number of hydrogen-bond donors (Lipinski definition) is 1. The molecule has 7 heteroatoms. The zero-order valence-corrected chi connectivity index (χ0v) is 20.5. The molecule has 182 valence electrons. The first kappa shape index (κ1) is 23.5. The molecule has 1 N–H and O–H groups in total. The van der Waals surface area contributed by atoms with Crippen LogP contribution < -0.4 is 5.32 Å². The first-order valence-electron chi connectivity index (χ1n) is 12.0. The van der Waals surface area contributed by atoms with Crippen molar-refractivity contribution in [3.05, 3.63) is 112 Å². The number of carbonyl (C=O) groups is 1. The van der Waals surface area contributed by atoms with E-state index in [1.54, 1.807) is 17.0 Å². The Kier molecular flexibility index (Phi) is 6.38. The number of aromatic nitrogens is 2. The Balaban J connectivity index is 1.58. The standard InChI is InChI=1S/C29H27FN4O2/c1-4-20-8-10-23(11-9-20)27-32-28(36-33-27)25-19(3)34(17-21-7-5-6-18(2)16-21)29(35)31-26(25)22-12-14-24(30)15-13-22/h5-16,26H,4,17H2,1-3H3,(H,31,35). The van der Waals surface area contributed by atoms with E-state index in [4.69, 9.17) is 9.51 Å². The summed E-state index contributed by atoms with van der Waals surface area (Å²) in [6.07, 6.45) is 0.944. The maximum atomic E-state index is 13.7. The molecule has 0 radical (unpaired) electrons. The van der Waals surface area contributed by atoms with E-state index in [1.807, 2.05) is 56.3 Å². The predicted molar refractivity (Wildman–Crippen MR) is 136 cm³/mol. The van der Waals surface area contributed by atoms with Crippen molar-refractivity contribution in [3.8, 4) is 11.4 Å². The molecule has 1 aromatic heterocycles. The highest BCUT2D eigenvalue weighted by Crippen LogP contribution is 2.38. The summed E-state index contributed by atoms with van der Waals surface area (Å²) < 4.78 is 19.4. The summed E-state index contributed by atoms with van der Waals surface area (Å²) in [4.78, 5) is 19.6. The Labute approximate surface area is 209 Å². The van der Waals surface area contributed by atoms with Crippen molar-refractivity contribution < 1.29 is 13.7 Å². The molecule has 1 aliphatic rings. The van der Waals surface area contributed by atoms with Gasteiger partial charge in [0.05, 0.1) is 18.2 Å². The van der Waals surface area contributed by atoms with Crippen molar-refractivity contribution >= 4 is 11.6 Å². The Hall–Kier alpha value is -4.26. The molecule has 36 heavy (non-hydrogen) atoms. The van der Waals surface area contributed by atoms with Gasteiger partial charge in [0.2, 0.25) is 5.82 Å². The van der Waals surface area contributed by atoms with Gasteiger partial charge < -0.3 is 9.84 Å². The van der Waals surface area contributed by atoms with E-state index in [0.717, 1.165) is 28.7 Å². The average molecular weight is 483 g/mol. The van der Waals surface area contributed by atoms with Crippen molar-refractivity contribution in [2.24, 2.45) is 0 Å². The molecule has 1 unspecified atom stereocenters. The first-order valence-corrected chi connectivity index (χ1v) is 12.0. The van der Waals surface area contributed by atoms with E-state index in [1.165, 1.54) is 17.7 Å². The van der Waals surface area contributed by atoms with E-state index in [9.17, 15) is 9.18 Å². The topological polar surface area (TPSA) is 71.3 Å². The van der Waals surface area contributed by atoms with Crippen LogP contribution in [0.15, 0.2) is 83.0 Å². The monoisotopic (exact) mass is 482 g/mol.